The predicted octanol–water partition coefficient (Wildman–Crippen LogP) is 4.47. The summed E-state index contributed by atoms with van der Waals surface area (Å²) in [7, 11) is 0. The number of hydrogen-bond acceptors (Lipinski definition) is 5. The molecule has 148 valence electrons. The molecule has 2 aromatic carbocycles. The maximum absolute atomic E-state index is 12.1. The summed E-state index contributed by atoms with van der Waals surface area (Å²) in [6.45, 7) is 5.63. The van der Waals surface area contributed by atoms with Crippen LogP contribution in [-0.4, -0.2) is 17.0 Å². The van der Waals surface area contributed by atoms with Crippen molar-refractivity contribution >= 4 is 17.8 Å². The van der Waals surface area contributed by atoms with E-state index in [1.807, 2.05) is 32.0 Å². The Hall–Kier alpha value is -3.74. The molecular formula is C22H21N3O4. The van der Waals surface area contributed by atoms with E-state index in [0.29, 0.717) is 22.6 Å². The van der Waals surface area contributed by atoms with E-state index in [0.717, 1.165) is 16.7 Å². The first kappa shape index (κ1) is 20.0. The highest BCUT2D eigenvalue weighted by atomic mass is 16.6. The summed E-state index contributed by atoms with van der Waals surface area (Å²) in [5.41, 5.74) is 6.81. The lowest BCUT2D eigenvalue weighted by Gasteiger charge is -2.05. The van der Waals surface area contributed by atoms with Crippen molar-refractivity contribution in [1.82, 2.24) is 5.43 Å². The third-order valence-electron chi connectivity index (χ3n) is 4.55. The first-order chi connectivity index (χ1) is 13.8. The van der Waals surface area contributed by atoms with Crippen LogP contribution in [0.3, 0.4) is 0 Å². The number of rotatable bonds is 6. The number of furan rings is 1. The van der Waals surface area contributed by atoms with E-state index in [-0.39, 0.29) is 18.0 Å². The van der Waals surface area contributed by atoms with Crippen molar-refractivity contribution in [2.75, 3.05) is 0 Å². The molecule has 7 nitrogen and oxygen atoms in total. The van der Waals surface area contributed by atoms with Crippen molar-refractivity contribution < 1.29 is 14.1 Å². The molecule has 0 fully saturated rings. The number of nitro groups is 1. The average Bonchev–Trinajstić information content (AvgIpc) is 3.14. The van der Waals surface area contributed by atoms with Gasteiger partial charge in [-0.05, 0) is 44.0 Å². The number of carbonyl (C=O) groups is 1. The number of amides is 1. The topological polar surface area (TPSA) is 97.7 Å². The van der Waals surface area contributed by atoms with Crippen LogP contribution in [0.4, 0.5) is 5.69 Å². The summed E-state index contributed by atoms with van der Waals surface area (Å²) in [6, 6.07) is 14.3. The van der Waals surface area contributed by atoms with Gasteiger partial charge in [-0.2, -0.15) is 5.10 Å². The number of benzene rings is 2. The van der Waals surface area contributed by atoms with Crippen LogP contribution in [-0.2, 0) is 11.2 Å². The standard InChI is InChI=1S/C22H21N3O4/c1-14-4-5-15(2)18(10-14)12-22(26)24-23-13-19-8-9-21(29-19)17-7-6-16(3)20(11-17)25(27)28/h4-11,13H,12H2,1-3H3,(H,24,26)/b23-13-. The normalized spacial score (nSPS) is 11.0. The maximum Gasteiger partial charge on any atom is 0.273 e. The van der Waals surface area contributed by atoms with E-state index in [1.165, 1.54) is 12.3 Å². The lowest BCUT2D eigenvalue weighted by atomic mass is 10.0. The van der Waals surface area contributed by atoms with Crippen LogP contribution in [0, 0.1) is 30.9 Å². The van der Waals surface area contributed by atoms with Crippen molar-refractivity contribution in [2.24, 2.45) is 5.10 Å². The zero-order valence-electron chi connectivity index (χ0n) is 16.4. The number of hydrogen-bond donors (Lipinski definition) is 1. The molecule has 0 unspecified atom stereocenters. The molecule has 1 amide bonds. The smallest absolute Gasteiger partial charge is 0.273 e. The fourth-order valence-electron chi connectivity index (χ4n) is 2.91. The highest BCUT2D eigenvalue weighted by molar-refractivity contribution is 5.82. The van der Waals surface area contributed by atoms with Gasteiger partial charge in [-0.1, -0.05) is 35.9 Å². The van der Waals surface area contributed by atoms with Gasteiger partial charge in [0.25, 0.3) is 5.69 Å². The first-order valence-corrected chi connectivity index (χ1v) is 9.07. The molecule has 0 saturated carbocycles. The van der Waals surface area contributed by atoms with Gasteiger partial charge in [0.1, 0.15) is 11.5 Å². The van der Waals surface area contributed by atoms with Crippen LogP contribution in [0.25, 0.3) is 11.3 Å². The minimum absolute atomic E-state index is 0.0350. The molecule has 0 radical (unpaired) electrons. The molecule has 29 heavy (non-hydrogen) atoms. The highest BCUT2D eigenvalue weighted by Gasteiger charge is 2.13. The van der Waals surface area contributed by atoms with Gasteiger partial charge in [0.2, 0.25) is 5.91 Å². The van der Waals surface area contributed by atoms with Crippen molar-refractivity contribution in [1.29, 1.82) is 0 Å². The molecule has 0 aliphatic carbocycles. The Kier molecular flexibility index (Phi) is 5.87. The van der Waals surface area contributed by atoms with Gasteiger partial charge in [0.05, 0.1) is 17.6 Å². The molecule has 1 aromatic heterocycles. The first-order valence-electron chi connectivity index (χ1n) is 9.07. The molecule has 0 atom stereocenters. The summed E-state index contributed by atoms with van der Waals surface area (Å²) in [4.78, 5) is 22.8. The minimum Gasteiger partial charge on any atom is -0.455 e. The summed E-state index contributed by atoms with van der Waals surface area (Å²) in [5.74, 6) is 0.683. The quantitative estimate of drug-likeness (QED) is 0.381. The van der Waals surface area contributed by atoms with Crippen molar-refractivity contribution in [3.05, 3.63) is 86.7 Å². The van der Waals surface area contributed by atoms with Gasteiger partial charge in [-0.25, -0.2) is 5.43 Å². The second-order valence-corrected chi connectivity index (χ2v) is 6.86. The monoisotopic (exact) mass is 391 g/mol. The lowest BCUT2D eigenvalue weighted by Crippen LogP contribution is -2.20. The van der Waals surface area contributed by atoms with Crippen molar-refractivity contribution in [3.8, 4) is 11.3 Å². The van der Waals surface area contributed by atoms with Crippen LogP contribution < -0.4 is 5.43 Å². The van der Waals surface area contributed by atoms with Crippen LogP contribution >= 0.6 is 0 Å². The summed E-state index contributed by atoms with van der Waals surface area (Å²) in [5, 5.41) is 15.0. The largest absolute Gasteiger partial charge is 0.455 e. The molecule has 0 spiro atoms. The number of hydrazone groups is 1. The lowest BCUT2D eigenvalue weighted by molar-refractivity contribution is -0.385. The molecule has 0 aliphatic rings. The third kappa shape index (κ3) is 4.95. The number of carbonyl (C=O) groups excluding carboxylic acids is 1. The van der Waals surface area contributed by atoms with E-state index in [2.05, 4.69) is 10.5 Å². The van der Waals surface area contributed by atoms with E-state index in [4.69, 9.17) is 4.42 Å². The van der Waals surface area contributed by atoms with Gasteiger partial charge >= 0.3 is 0 Å². The molecule has 3 rings (SSSR count). The SMILES string of the molecule is Cc1ccc(C)c(CC(=O)N/N=C\c2ccc(-c3ccc(C)c([N+](=O)[O-])c3)o2)c1. The Labute approximate surface area is 168 Å². The number of nitro benzene ring substituents is 1. The second-order valence-electron chi connectivity index (χ2n) is 6.86. The third-order valence-corrected chi connectivity index (χ3v) is 4.55. The van der Waals surface area contributed by atoms with Gasteiger partial charge in [0, 0.05) is 17.2 Å². The number of aryl methyl sites for hydroxylation is 3. The highest BCUT2D eigenvalue weighted by Crippen LogP contribution is 2.27. The number of nitrogens with one attached hydrogen (secondary N) is 1. The molecule has 0 aliphatic heterocycles. The zero-order chi connectivity index (χ0) is 21.0. The van der Waals surface area contributed by atoms with Gasteiger partial charge in [-0.15, -0.1) is 0 Å². The minimum atomic E-state index is -0.421. The Balaban J connectivity index is 1.65. The summed E-state index contributed by atoms with van der Waals surface area (Å²) < 4.78 is 5.66. The van der Waals surface area contributed by atoms with Gasteiger partial charge in [0.15, 0.2) is 0 Å². The average molecular weight is 391 g/mol. The Bertz CT molecular complexity index is 1100. The predicted molar refractivity (Wildman–Crippen MR) is 111 cm³/mol. The van der Waals surface area contributed by atoms with Crippen molar-refractivity contribution in [2.45, 2.75) is 27.2 Å². The van der Waals surface area contributed by atoms with Crippen LogP contribution in [0.1, 0.15) is 28.0 Å². The van der Waals surface area contributed by atoms with E-state index in [9.17, 15) is 14.9 Å². The molecule has 0 bridgehead atoms. The van der Waals surface area contributed by atoms with Crippen molar-refractivity contribution in [3.63, 3.8) is 0 Å². The Morgan fingerprint density at radius 1 is 1.10 bits per heavy atom. The Morgan fingerprint density at radius 2 is 1.86 bits per heavy atom. The van der Waals surface area contributed by atoms with Crippen LogP contribution in [0.5, 0.6) is 0 Å². The molecule has 1 N–H and O–H groups in total. The Morgan fingerprint density at radius 3 is 2.62 bits per heavy atom. The molecule has 3 aromatic rings. The molecule has 7 heteroatoms. The fourth-order valence-corrected chi connectivity index (χ4v) is 2.91. The molecular weight excluding hydrogens is 370 g/mol. The summed E-state index contributed by atoms with van der Waals surface area (Å²) in [6.07, 6.45) is 1.63. The number of nitrogens with zero attached hydrogens (tertiary/aromatic N) is 2. The van der Waals surface area contributed by atoms with Gasteiger partial charge < -0.3 is 4.42 Å². The second kappa shape index (κ2) is 8.52. The van der Waals surface area contributed by atoms with Gasteiger partial charge in [-0.3, -0.25) is 14.9 Å². The maximum atomic E-state index is 12.1. The van der Waals surface area contributed by atoms with E-state index < -0.39 is 4.92 Å². The fraction of sp³-hybridized carbons (Fsp3) is 0.182. The van der Waals surface area contributed by atoms with E-state index in [1.54, 1.807) is 31.2 Å². The molecule has 1 heterocycles. The molecule has 0 saturated heterocycles. The zero-order valence-corrected chi connectivity index (χ0v) is 16.4. The van der Waals surface area contributed by atoms with Crippen LogP contribution in [0.2, 0.25) is 0 Å². The summed E-state index contributed by atoms with van der Waals surface area (Å²) >= 11 is 0. The van der Waals surface area contributed by atoms with Crippen LogP contribution in [0.15, 0.2) is 58.0 Å². The van der Waals surface area contributed by atoms with E-state index >= 15 is 0 Å².